The molecule has 0 bridgehead atoms. The van der Waals surface area contributed by atoms with Crippen molar-refractivity contribution >= 4 is 15.7 Å². The van der Waals surface area contributed by atoms with Gasteiger partial charge in [0.2, 0.25) is 7.37 Å². The van der Waals surface area contributed by atoms with Crippen molar-refractivity contribution in [1.29, 1.82) is 0 Å². The van der Waals surface area contributed by atoms with Gasteiger partial charge in [-0.2, -0.15) is 0 Å². The fourth-order valence-electron chi connectivity index (χ4n) is 2.24. The summed E-state index contributed by atoms with van der Waals surface area (Å²) in [6, 6.07) is 5.53. The van der Waals surface area contributed by atoms with Crippen molar-refractivity contribution in [3.05, 3.63) is 29.3 Å². The highest BCUT2D eigenvalue weighted by Crippen LogP contribution is 2.42. The summed E-state index contributed by atoms with van der Waals surface area (Å²) in [7, 11) is -4.66. The summed E-state index contributed by atoms with van der Waals surface area (Å²) in [6.45, 7) is 21.2. The van der Waals surface area contributed by atoms with Crippen LogP contribution in [0.5, 0.6) is 5.75 Å². The maximum Gasteiger partial charge on any atom is 0.242 e. The average Bonchev–Trinajstić information content (AvgIpc) is 2.48. The zero-order valence-electron chi connectivity index (χ0n) is 19.3. The molecule has 0 heterocycles. The van der Waals surface area contributed by atoms with Crippen LogP contribution in [0, 0.1) is 0 Å². The van der Waals surface area contributed by atoms with Gasteiger partial charge in [0.15, 0.2) is 8.32 Å². The number of benzene rings is 1. The summed E-state index contributed by atoms with van der Waals surface area (Å²) < 4.78 is 24.3. The Bertz CT molecular complexity index is 701. The molecule has 28 heavy (non-hydrogen) atoms. The molecule has 162 valence electrons. The van der Waals surface area contributed by atoms with Crippen molar-refractivity contribution in [2.24, 2.45) is 0 Å². The molecule has 7 heteroatoms. The van der Waals surface area contributed by atoms with Gasteiger partial charge in [-0.05, 0) is 56.6 Å². The van der Waals surface area contributed by atoms with Gasteiger partial charge in [-0.1, -0.05) is 26.8 Å². The first-order valence-corrected chi connectivity index (χ1v) is 15.3. The Kier molecular flexibility index (Phi) is 8.17. The molecule has 1 unspecified atom stereocenters. The van der Waals surface area contributed by atoms with E-state index in [1.54, 1.807) is 19.4 Å². The highest BCUT2D eigenvalue weighted by atomic mass is 31.2. The second-order valence-electron chi connectivity index (χ2n) is 10.4. The lowest BCUT2D eigenvalue weighted by atomic mass is 10.0. The summed E-state index contributed by atoms with van der Waals surface area (Å²) >= 11 is 0. The van der Waals surface area contributed by atoms with Crippen molar-refractivity contribution in [1.82, 2.24) is 5.32 Å². The molecule has 2 N–H and O–H groups in total. The van der Waals surface area contributed by atoms with Crippen molar-refractivity contribution in [3.63, 3.8) is 0 Å². The van der Waals surface area contributed by atoms with Gasteiger partial charge in [0.25, 0.3) is 0 Å². The molecule has 0 aliphatic heterocycles. The van der Waals surface area contributed by atoms with Gasteiger partial charge in [0.1, 0.15) is 5.75 Å². The standard InChI is InChI=1S/C21H40NO4PSi/c1-20(2,3)22-14-18(23)16-11-12-19(26-27(7,8)24)17(13-16)15-25-28(9,10)21(4,5)6/h11-13,18,22-23H,14-15H2,1-10H3. The number of rotatable bonds is 8. The van der Waals surface area contributed by atoms with Gasteiger partial charge < -0.3 is 19.4 Å². The number of aliphatic hydroxyl groups is 1. The van der Waals surface area contributed by atoms with Crippen molar-refractivity contribution < 1.29 is 18.6 Å². The summed E-state index contributed by atoms with van der Waals surface area (Å²) in [5.41, 5.74) is 1.54. The Morgan fingerprint density at radius 1 is 1.14 bits per heavy atom. The lowest BCUT2D eigenvalue weighted by molar-refractivity contribution is 0.163. The molecule has 0 aromatic heterocycles. The zero-order valence-corrected chi connectivity index (χ0v) is 21.2. The summed E-state index contributed by atoms with van der Waals surface area (Å²) in [4.78, 5) is 0. The second-order valence-corrected chi connectivity index (χ2v) is 17.9. The van der Waals surface area contributed by atoms with Crippen LogP contribution in [0.15, 0.2) is 18.2 Å². The fraction of sp³-hybridized carbons (Fsp3) is 0.714. The van der Waals surface area contributed by atoms with E-state index in [2.05, 4.69) is 60.0 Å². The van der Waals surface area contributed by atoms with Crippen LogP contribution in [0.25, 0.3) is 0 Å². The van der Waals surface area contributed by atoms with E-state index in [9.17, 15) is 9.67 Å². The molecular formula is C21H40NO4PSi. The van der Waals surface area contributed by atoms with Crippen LogP contribution >= 0.6 is 7.37 Å². The van der Waals surface area contributed by atoms with Crippen LogP contribution < -0.4 is 9.84 Å². The van der Waals surface area contributed by atoms with E-state index in [4.69, 9.17) is 8.95 Å². The lowest BCUT2D eigenvalue weighted by Crippen LogP contribution is -2.40. The van der Waals surface area contributed by atoms with Crippen molar-refractivity contribution in [2.45, 2.75) is 77.9 Å². The third-order valence-electron chi connectivity index (χ3n) is 5.01. The zero-order chi connectivity index (χ0) is 22.0. The topological polar surface area (TPSA) is 67.8 Å². The molecule has 1 aromatic rings. The Labute approximate surface area is 172 Å². The SMILES string of the molecule is CC(C)(C)NCC(O)c1ccc(OP(C)(C)=O)c(CO[Si](C)(C)C(C)(C)C)c1. The van der Waals surface area contributed by atoms with Crippen LogP contribution in [-0.4, -0.2) is 38.8 Å². The minimum Gasteiger partial charge on any atom is -0.443 e. The quantitative estimate of drug-likeness (QED) is 0.419. The van der Waals surface area contributed by atoms with E-state index in [-0.39, 0.29) is 10.6 Å². The van der Waals surface area contributed by atoms with E-state index >= 15 is 0 Å². The highest BCUT2D eigenvalue weighted by Gasteiger charge is 2.37. The predicted octanol–water partition coefficient (Wildman–Crippen LogP) is 5.55. The van der Waals surface area contributed by atoms with Gasteiger partial charge in [0, 0.05) is 31.0 Å². The maximum atomic E-state index is 12.2. The first kappa shape index (κ1) is 25.4. The number of aliphatic hydroxyl groups excluding tert-OH is 1. The summed E-state index contributed by atoms with van der Waals surface area (Å²) in [5.74, 6) is 0.562. The third-order valence-corrected chi connectivity index (χ3v) is 10.1. The average molecular weight is 430 g/mol. The van der Waals surface area contributed by atoms with Gasteiger partial charge in [-0.3, -0.25) is 4.57 Å². The first-order valence-electron chi connectivity index (χ1n) is 9.86. The largest absolute Gasteiger partial charge is 0.443 e. The maximum absolute atomic E-state index is 12.2. The van der Waals surface area contributed by atoms with Crippen LogP contribution in [0.3, 0.4) is 0 Å². The van der Waals surface area contributed by atoms with Crippen LogP contribution in [0.2, 0.25) is 18.1 Å². The van der Waals surface area contributed by atoms with Gasteiger partial charge in [-0.15, -0.1) is 0 Å². The van der Waals surface area contributed by atoms with Crippen molar-refractivity contribution in [2.75, 3.05) is 19.9 Å². The number of hydrogen-bond acceptors (Lipinski definition) is 5. The molecular weight excluding hydrogens is 389 g/mol. The minimum atomic E-state index is -2.70. The Hall–Kier alpha value is -0.653. The molecule has 0 aliphatic rings. The number of nitrogens with one attached hydrogen (secondary N) is 1. The molecule has 0 radical (unpaired) electrons. The monoisotopic (exact) mass is 429 g/mol. The molecule has 5 nitrogen and oxygen atoms in total. The van der Waals surface area contributed by atoms with Crippen LogP contribution in [0.4, 0.5) is 0 Å². The van der Waals surface area contributed by atoms with E-state index in [0.717, 1.165) is 11.1 Å². The van der Waals surface area contributed by atoms with E-state index in [1.165, 1.54) is 0 Å². The number of β-amino-alcohol motifs (C(OH)–C–C–N with tert-alkyl or cyclic N) is 1. The molecule has 0 aliphatic carbocycles. The van der Waals surface area contributed by atoms with E-state index in [0.29, 0.717) is 18.9 Å². The summed E-state index contributed by atoms with van der Waals surface area (Å²) in [6.07, 6.45) is -0.644. The lowest BCUT2D eigenvalue weighted by Gasteiger charge is -2.36. The molecule has 1 rings (SSSR count). The molecule has 0 spiro atoms. The minimum absolute atomic E-state index is 0.0740. The second kappa shape index (κ2) is 9.01. The predicted molar refractivity (Wildman–Crippen MR) is 121 cm³/mol. The Balaban J connectivity index is 3.12. The highest BCUT2D eigenvalue weighted by molar-refractivity contribution is 7.57. The van der Waals surface area contributed by atoms with Gasteiger partial charge in [0.05, 0.1) is 12.7 Å². The molecule has 0 saturated heterocycles. The first-order chi connectivity index (χ1) is 12.4. The normalized spacial score (nSPS) is 14.8. The van der Waals surface area contributed by atoms with Crippen LogP contribution in [-0.2, 0) is 15.6 Å². The molecule has 0 amide bonds. The Morgan fingerprint density at radius 2 is 1.71 bits per heavy atom. The summed E-state index contributed by atoms with van der Waals surface area (Å²) in [5, 5.41) is 14.0. The third kappa shape index (κ3) is 8.38. The smallest absolute Gasteiger partial charge is 0.242 e. The van der Waals surface area contributed by atoms with Crippen molar-refractivity contribution in [3.8, 4) is 5.75 Å². The van der Waals surface area contributed by atoms with E-state index in [1.807, 2.05) is 12.1 Å². The van der Waals surface area contributed by atoms with Crippen LogP contribution in [0.1, 0.15) is 58.8 Å². The van der Waals surface area contributed by atoms with E-state index < -0.39 is 21.8 Å². The fourth-order valence-corrected chi connectivity index (χ4v) is 3.84. The molecule has 1 atom stereocenters. The van der Waals surface area contributed by atoms with Gasteiger partial charge >= 0.3 is 0 Å². The molecule has 0 saturated carbocycles. The molecule has 0 fully saturated rings. The number of hydrogen-bond donors (Lipinski definition) is 2. The Morgan fingerprint density at radius 3 is 2.18 bits per heavy atom. The van der Waals surface area contributed by atoms with Gasteiger partial charge in [-0.25, -0.2) is 0 Å². The molecule has 1 aromatic carbocycles.